The molecular formula is C40H48N6O. The third-order valence-corrected chi connectivity index (χ3v) is 9.01. The van der Waals surface area contributed by atoms with Crippen molar-refractivity contribution in [2.75, 3.05) is 6.54 Å². The molecule has 0 unspecified atom stereocenters. The summed E-state index contributed by atoms with van der Waals surface area (Å²) in [5.74, 6) is 3.38. The van der Waals surface area contributed by atoms with E-state index in [0.29, 0.717) is 5.92 Å². The lowest BCUT2D eigenvalue weighted by molar-refractivity contribution is 0.173. The summed E-state index contributed by atoms with van der Waals surface area (Å²) in [4.78, 5) is 16.5. The van der Waals surface area contributed by atoms with Gasteiger partial charge in [0.05, 0.1) is 41.5 Å². The van der Waals surface area contributed by atoms with Crippen LogP contribution in [-0.2, 0) is 6.54 Å². The van der Waals surface area contributed by atoms with Gasteiger partial charge in [0.2, 0.25) is 6.23 Å². The highest BCUT2D eigenvalue weighted by Crippen LogP contribution is 2.45. The number of ether oxygens (including phenoxy) is 1. The third kappa shape index (κ3) is 6.63. The molecule has 3 N–H and O–H groups in total. The standard InChI is InChI=1S/C38H42N6O.C2H6/c1-4-7-11-25(6-3)37-41-23-32(43-37)27-15-17-33-29(19-27)20-34-30-16-14-28(31-22-40-36(42-31)24-39-18-5-2)21-35(30)45-38(44(33)34)26-12-9-8-10-13-26;1-2/h8-10,12-17,19-23,25,38-39H,4-7,11,18,24H2,1-3H3,(H,40,42)(H,41,43);1-2H3/t25-,38-;/m0./s1. The highest BCUT2D eigenvalue weighted by atomic mass is 16.5. The second-order valence-corrected chi connectivity index (χ2v) is 12.1. The molecule has 0 amide bonds. The fourth-order valence-corrected chi connectivity index (χ4v) is 6.53. The van der Waals surface area contributed by atoms with Crippen molar-refractivity contribution in [2.45, 2.75) is 85.4 Å². The number of rotatable bonds is 12. The molecule has 0 spiro atoms. The Morgan fingerprint density at radius 3 is 2.40 bits per heavy atom. The van der Waals surface area contributed by atoms with Gasteiger partial charge < -0.3 is 24.6 Å². The Balaban J connectivity index is 0.00000190. The van der Waals surface area contributed by atoms with Crippen molar-refractivity contribution in [3.8, 4) is 39.5 Å². The molecule has 0 fully saturated rings. The molecule has 2 atom stereocenters. The molecule has 0 bridgehead atoms. The molecule has 7 heteroatoms. The summed E-state index contributed by atoms with van der Waals surface area (Å²) in [6, 6.07) is 26.0. The van der Waals surface area contributed by atoms with Crippen LogP contribution in [0.25, 0.3) is 44.7 Å². The molecule has 1 aliphatic heterocycles. The summed E-state index contributed by atoms with van der Waals surface area (Å²) >= 11 is 0. The summed E-state index contributed by atoms with van der Waals surface area (Å²) in [5, 5.41) is 4.59. The number of imidazole rings is 2. The summed E-state index contributed by atoms with van der Waals surface area (Å²) < 4.78 is 9.18. The third-order valence-electron chi connectivity index (χ3n) is 9.01. The SMILES string of the molecule is CC.CCCC[C@H](CC)c1ncc(-c2ccc3c(c2)cc2n3[C@H](c3ccccc3)Oc3cc(-c4cnc(CNCCC)[nH]4)ccc3-2)[nH]1. The smallest absolute Gasteiger partial charge is 0.203 e. The van der Waals surface area contributed by atoms with Gasteiger partial charge in [0.1, 0.15) is 17.4 Å². The normalized spacial score (nSPS) is 14.2. The molecule has 3 aromatic heterocycles. The Bertz CT molecular complexity index is 1900. The number of aromatic nitrogens is 5. The van der Waals surface area contributed by atoms with Crippen molar-refractivity contribution in [3.63, 3.8) is 0 Å². The minimum absolute atomic E-state index is 0.287. The van der Waals surface area contributed by atoms with Gasteiger partial charge in [0.25, 0.3) is 0 Å². The molecule has 244 valence electrons. The highest BCUT2D eigenvalue weighted by molar-refractivity contribution is 5.92. The molecular weight excluding hydrogens is 580 g/mol. The number of aromatic amines is 2. The summed E-state index contributed by atoms with van der Waals surface area (Å²) in [7, 11) is 0. The van der Waals surface area contributed by atoms with Crippen molar-refractivity contribution < 1.29 is 4.74 Å². The molecule has 0 aliphatic carbocycles. The van der Waals surface area contributed by atoms with Gasteiger partial charge in [-0.3, -0.25) is 0 Å². The Morgan fingerprint density at radius 1 is 0.851 bits per heavy atom. The van der Waals surface area contributed by atoms with Crippen molar-refractivity contribution in [1.29, 1.82) is 0 Å². The largest absolute Gasteiger partial charge is 0.465 e. The van der Waals surface area contributed by atoms with Gasteiger partial charge in [-0.15, -0.1) is 0 Å². The molecule has 3 aromatic carbocycles. The predicted molar refractivity (Wildman–Crippen MR) is 194 cm³/mol. The lowest BCUT2D eigenvalue weighted by Gasteiger charge is -2.30. The molecule has 7 rings (SSSR count). The minimum atomic E-state index is -0.287. The van der Waals surface area contributed by atoms with E-state index >= 15 is 0 Å². The van der Waals surface area contributed by atoms with Gasteiger partial charge in [-0.1, -0.05) is 89.9 Å². The monoisotopic (exact) mass is 628 g/mol. The number of nitrogens with one attached hydrogen (secondary N) is 3. The average molecular weight is 629 g/mol. The van der Waals surface area contributed by atoms with Crippen LogP contribution < -0.4 is 10.1 Å². The average Bonchev–Trinajstić information content (AvgIpc) is 3.89. The van der Waals surface area contributed by atoms with E-state index in [4.69, 9.17) is 9.72 Å². The van der Waals surface area contributed by atoms with E-state index in [1.54, 1.807) is 0 Å². The van der Waals surface area contributed by atoms with Crippen LogP contribution in [-0.4, -0.2) is 31.0 Å². The first-order valence-corrected chi connectivity index (χ1v) is 17.5. The van der Waals surface area contributed by atoms with E-state index in [0.717, 1.165) is 88.2 Å². The fraction of sp³-hybridized carbons (Fsp3) is 0.350. The number of hydrogen-bond acceptors (Lipinski definition) is 4. The number of unbranched alkanes of at least 4 members (excludes halogenated alkanes) is 1. The van der Waals surface area contributed by atoms with Gasteiger partial charge in [0, 0.05) is 33.6 Å². The van der Waals surface area contributed by atoms with Crippen molar-refractivity contribution >= 4 is 10.9 Å². The lowest BCUT2D eigenvalue weighted by Crippen LogP contribution is -2.22. The molecule has 47 heavy (non-hydrogen) atoms. The van der Waals surface area contributed by atoms with Crippen LogP contribution >= 0.6 is 0 Å². The van der Waals surface area contributed by atoms with Crippen LogP contribution in [0.2, 0.25) is 0 Å². The Hall–Kier alpha value is -4.62. The van der Waals surface area contributed by atoms with Gasteiger partial charge in [0.15, 0.2) is 0 Å². The highest BCUT2D eigenvalue weighted by Gasteiger charge is 2.29. The Labute approximate surface area is 278 Å². The molecule has 6 aromatic rings. The van der Waals surface area contributed by atoms with E-state index < -0.39 is 0 Å². The second kappa shape index (κ2) is 14.9. The zero-order valence-electron chi connectivity index (χ0n) is 28.4. The maximum atomic E-state index is 6.85. The van der Waals surface area contributed by atoms with E-state index in [-0.39, 0.29) is 6.23 Å². The first kappa shape index (κ1) is 32.3. The maximum Gasteiger partial charge on any atom is 0.203 e. The molecule has 1 aliphatic rings. The van der Waals surface area contributed by atoms with Crippen molar-refractivity contribution in [1.82, 2.24) is 29.8 Å². The van der Waals surface area contributed by atoms with E-state index in [1.807, 2.05) is 26.2 Å². The Morgan fingerprint density at radius 2 is 1.62 bits per heavy atom. The topological polar surface area (TPSA) is 83.5 Å². The summed E-state index contributed by atoms with van der Waals surface area (Å²) in [6.45, 7) is 12.4. The van der Waals surface area contributed by atoms with Gasteiger partial charge in [-0.25, -0.2) is 9.97 Å². The lowest BCUT2D eigenvalue weighted by atomic mass is 9.99. The molecule has 0 radical (unpaired) electrons. The van der Waals surface area contributed by atoms with Gasteiger partial charge >= 0.3 is 0 Å². The second-order valence-electron chi connectivity index (χ2n) is 12.1. The molecule has 4 heterocycles. The summed E-state index contributed by atoms with van der Waals surface area (Å²) in [5.41, 5.74) is 8.73. The number of nitrogens with zero attached hydrogens (tertiary/aromatic N) is 3. The van der Waals surface area contributed by atoms with Crippen LogP contribution in [0.1, 0.15) is 96.1 Å². The van der Waals surface area contributed by atoms with Crippen LogP contribution in [0.3, 0.4) is 0 Å². The van der Waals surface area contributed by atoms with Crippen LogP contribution in [0, 0.1) is 0 Å². The quantitative estimate of drug-likeness (QED) is 0.118. The first-order chi connectivity index (χ1) is 23.2. The predicted octanol–water partition coefficient (Wildman–Crippen LogP) is 10.2. The van der Waals surface area contributed by atoms with Crippen LogP contribution in [0.4, 0.5) is 0 Å². The van der Waals surface area contributed by atoms with Crippen molar-refractivity contribution in [3.05, 3.63) is 102 Å². The van der Waals surface area contributed by atoms with E-state index in [2.05, 4.69) is 118 Å². The fourth-order valence-electron chi connectivity index (χ4n) is 6.53. The molecule has 7 nitrogen and oxygen atoms in total. The van der Waals surface area contributed by atoms with E-state index in [1.165, 1.54) is 24.6 Å². The Kier molecular flexibility index (Phi) is 10.2. The van der Waals surface area contributed by atoms with Gasteiger partial charge in [-0.05, 0) is 56.1 Å². The molecule has 0 saturated carbocycles. The molecule has 0 saturated heterocycles. The number of H-pyrrole nitrogens is 2. The zero-order valence-corrected chi connectivity index (χ0v) is 28.4. The van der Waals surface area contributed by atoms with E-state index in [9.17, 15) is 0 Å². The van der Waals surface area contributed by atoms with Crippen molar-refractivity contribution in [2.24, 2.45) is 0 Å². The van der Waals surface area contributed by atoms with Gasteiger partial charge in [-0.2, -0.15) is 0 Å². The number of fused-ring (bicyclic) bond motifs is 5. The summed E-state index contributed by atoms with van der Waals surface area (Å²) in [6.07, 6.45) is 9.42. The number of hydrogen-bond donors (Lipinski definition) is 3. The van der Waals surface area contributed by atoms with Crippen LogP contribution in [0.15, 0.2) is 85.2 Å². The number of benzene rings is 3. The minimum Gasteiger partial charge on any atom is -0.465 e. The first-order valence-electron chi connectivity index (χ1n) is 17.5. The zero-order chi connectivity index (χ0) is 32.8. The maximum absolute atomic E-state index is 6.85. The van der Waals surface area contributed by atoms with Crippen LogP contribution in [0.5, 0.6) is 5.75 Å².